The first-order chi connectivity index (χ1) is 11.6. The highest BCUT2D eigenvalue weighted by Gasteiger charge is 2.20. The molecule has 0 bridgehead atoms. The van der Waals surface area contributed by atoms with E-state index in [1.165, 1.54) is 0 Å². The van der Waals surface area contributed by atoms with E-state index in [0.29, 0.717) is 12.8 Å². The minimum atomic E-state index is -3.55. The second-order valence-electron chi connectivity index (χ2n) is 5.72. The van der Waals surface area contributed by atoms with E-state index in [4.69, 9.17) is 0 Å². The molecule has 124 valence electrons. The molecule has 0 unspecified atom stereocenters. The van der Waals surface area contributed by atoms with Gasteiger partial charge in [-0.3, -0.25) is 0 Å². The third-order valence-corrected chi connectivity index (χ3v) is 5.50. The first kappa shape index (κ1) is 16.5. The Morgan fingerprint density at radius 2 is 1.79 bits per heavy atom. The van der Waals surface area contributed by atoms with Crippen molar-refractivity contribution >= 4 is 20.9 Å². The third kappa shape index (κ3) is 3.58. The van der Waals surface area contributed by atoms with E-state index in [9.17, 15) is 8.42 Å². The van der Waals surface area contributed by atoms with Crippen LogP contribution in [0, 0.1) is 0 Å². The van der Waals surface area contributed by atoms with Crippen molar-refractivity contribution in [2.45, 2.75) is 23.8 Å². The Labute approximate surface area is 142 Å². The van der Waals surface area contributed by atoms with Crippen molar-refractivity contribution in [1.82, 2.24) is 9.71 Å². The molecule has 0 saturated carbocycles. The van der Waals surface area contributed by atoms with Gasteiger partial charge >= 0.3 is 0 Å². The highest BCUT2D eigenvalue weighted by Crippen LogP contribution is 2.20. The summed E-state index contributed by atoms with van der Waals surface area (Å²) in [7, 11) is -3.55. The van der Waals surface area contributed by atoms with Gasteiger partial charge in [0.25, 0.3) is 0 Å². The van der Waals surface area contributed by atoms with Crippen LogP contribution in [-0.2, 0) is 16.4 Å². The Morgan fingerprint density at radius 1 is 1.08 bits per heavy atom. The molecule has 0 spiro atoms. The molecule has 2 N–H and O–H groups in total. The molecule has 24 heavy (non-hydrogen) atoms. The van der Waals surface area contributed by atoms with Crippen LogP contribution in [0.3, 0.4) is 0 Å². The molecule has 3 rings (SSSR count). The first-order valence-corrected chi connectivity index (χ1v) is 9.32. The van der Waals surface area contributed by atoms with E-state index in [0.717, 1.165) is 16.5 Å². The summed E-state index contributed by atoms with van der Waals surface area (Å²) in [5.41, 5.74) is 2.14. The number of aromatic nitrogens is 1. The van der Waals surface area contributed by atoms with E-state index in [1.807, 2.05) is 30.5 Å². The van der Waals surface area contributed by atoms with Gasteiger partial charge in [0.15, 0.2) is 0 Å². The van der Waals surface area contributed by atoms with Crippen LogP contribution in [-0.4, -0.2) is 19.4 Å². The second-order valence-corrected chi connectivity index (χ2v) is 7.43. The zero-order chi connectivity index (χ0) is 17.0. The first-order valence-electron chi connectivity index (χ1n) is 7.83. The van der Waals surface area contributed by atoms with Crippen molar-refractivity contribution in [3.63, 3.8) is 0 Å². The summed E-state index contributed by atoms with van der Waals surface area (Å²) in [6.07, 6.45) is 4.85. The summed E-state index contributed by atoms with van der Waals surface area (Å²) in [6, 6.07) is 16.2. The summed E-state index contributed by atoms with van der Waals surface area (Å²) >= 11 is 0. The number of rotatable bonds is 7. The van der Waals surface area contributed by atoms with Gasteiger partial charge in [-0.25, -0.2) is 13.1 Å². The van der Waals surface area contributed by atoms with Crippen LogP contribution in [0.1, 0.15) is 12.0 Å². The highest BCUT2D eigenvalue weighted by atomic mass is 32.2. The van der Waals surface area contributed by atoms with Crippen molar-refractivity contribution in [2.75, 3.05) is 0 Å². The number of nitrogens with one attached hydrogen (secondary N) is 2. The van der Waals surface area contributed by atoms with Crippen LogP contribution >= 0.6 is 0 Å². The molecule has 4 nitrogen and oxygen atoms in total. The van der Waals surface area contributed by atoms with E-state index in [-0.39, 0.29) is 10.9 Å². The molecule has 0 fully saturated rings. The van der Waals surface area contributed by atoms with Crippen molar-refractivity contribution in [1.29, 1.82) is 0 Å². The van der Waals surface area contributed by atoms with Gasteiger partial charge in [-0.15, -0.1) is 6.58 Å². The molecular weight excluding hydrogens is 320 g/mol. The maximum absolute atomic E-state index is 12.6. The van der Waals surface area contributed by atoms with Gasteiger partial charge in [-0.2, -0.15) is 0 Å². The molecule has 1 aromatic heterocycles. The van der Waals surface area contributed by atoms with Gasteiger partial charge in [-0.05, 0) is 36.6 Å². The average Bonchev–Trinajstić information content (AvgIpc) is 2.99. The zero-order valence-electron chi connectivity index (χ0n) is 13.3. The minimum absolute atomic E-state index is 0.244. The Balaban J connectivity index is 1.84. The largest absolute Gasteiger partial charge is 0.361 e. The average molecular weight is 340 g/mol. The van der Waals surface area contributed by atoms with Gasteiger partial charge in [-0.1, -0.05) is 42.5 Å². The highest BCUT2D eigenvalue weighted by molar-refractivity contribution is 7.89. The Hall–Kier alpha value is -2.37. The number of aromatic amines is 1. The summed E-state index contributed by atoms with van der Waals surface area (Å²) in [5.74, 6) is 0. The smallest absolute Gasteiger partial charge is 0.240 e. The van der Waals surface area contributed by atoms with Crippen LogP contribution in [0.5, 0.6) is 0 Å². The van der Waals surface area contributed by atoms with Crippen LogP contribution in [0.15, 0.2) is 78.3 Å². The normalized spacial score (nSPS) is 13.0. The monoisotopic (exact) mass is 340 g/mol. The van der Waals surface area contributed by atoms with Gasteiger partial charge in [0.2, 0.25) is 10.0 Å². The summed E-state index contributed by atoms with van der Waals surface area (Å²) < 4.78 is 27.9. The van der Waals surface area contributed by atoms with Gasteiger partial charge in [0.1, 0.15) is 0 Å². The SMILES string of the molecule is C=CC[C@@H](Cc1c[nH]c2ccccc12)NS(=O)(=O)c1ccccc1. The van der Waals surface area contributed by atoms with E-state index in [2.05, 4.69) is 16.3 Å². The number of hydrogen-bond acceptors (Lipinski definition) is 2. The lowest BCUT2D eigenvalue weighted by Crippen LogP contribution is -2.36. The summed E-state index contributed by atoms with van der Waals surface area (Å²) in [6.45, 7) is 3.75. The summed E-state index contributed by atoms with van der Waals surface area (Å²) in [5, 5.41) is 1.12. The zero-order valence-corrected chi connectivity index (χ0v) is 14.1. The third-order valence-electron chi connectivity index (χ3n) is 3.97. The molecule has 0 saturated heterocycles. The Bertz CT molecular complexity index is 930. The topological polar surface area (TPSA) is 62.0 Å². The molecule has 3 aromatic rings. The fourth-order valence-corrected chi connectivity index (χ4v) is 4.10. The van der Waals surface area contributed by atoms with E-state index >= 15 is 0 Å². The number of hydrogen-bond donors (Lipinski definition) is 2. The minimum Gasteiger partial charge on any atom is -0.361 e. The predicted octanol–water partition coefficient (Wildman–Crippen LogP) is 3.63. The predicted molar refractivity (Wildman–Crippen MR) is 97.4 cm³/mol. The number of benzene rings is 2. The Morgan fingerprint density at radius 3 is 2.54 bits per heavy atom. The molecule has 5 heteroatoms. The second kappa shape index (κ2) is 7.03. The fraction of sp³-hybridized carbons (Fsp3) is 0.158. The Kier molecular flexibility index (Phi) is 4.83. The molecule has 0 amide bonds. The van der Waals surface area contributed by atoms with Gasteiger partial charge in [0.05, 0.1) is 4.90 Å². The number of para-hydroxylation sites is 1. The van der Waals surface area contributed by atoms with Crippen molar-refractivity contribution < 1.29 is 8.42 Å². The molecule has 0 aliphatic heterocycles. The number of H-pyrrole nitrogens is 1. The molecular formula is C19H20N2O2S. The lowest BCUT2D eigenvalue weighted by Gasteiger charge is -2.17. The van der Waals surface area contributed by atoms with Gasteiger partial charge in [0, 0.05) is 23.1 Å². The fourth-order valence-electron chi connectivity index (χ4n) is 2.83. The number of fused-ring (bicyclic) bond motifs is 1. The molecule has 1 heterocycles. The quantitative estimate of drug-likeness (QED) is 0.645. The molecule has 0 aliphatic rings. The van der Waals surface area contributed by atoms with E-state index < -0.39 is 10.0 Å². The molecule has 0 radical (unpaired) electrons. The van der Waals surface area contributed by atoms with Crippen LogP contribution in [0.2, 0.25) is 0 Å². The van der Waals surface area contributed by atoms with Gasteiger partial charge < -0.3 is 4.98 Å². The van der Waals surface area contributed by atoms with Crippen LogP contribution in [0.4, 0.5) is 0 Å². The van der Waals surface area contributed by atoms with Crippen molar-refractivity contribution in [2.24, 2.45) is 0 Å². The maximum Gasteiger partial charge on any atom is 0.240 e. The summed E-state index contributed by atoms with van der Waals surface area (Å²) in [4.78, 5) is 3.50. The lowest BCUT2D eigenvalue weighted by atomic mass is 10.0. The standard InChI is InChI=1S/C19H20N2O2S/c1-2-8-16(21-24(22,23)17-9-4-3-5-10-17)13-15-14-20-19-12-7-6-11-18(15)19/h2-7,9-12,14,16,20-21H,1,8,13H2/t16-/m0/s1. The molecule has 2 aromatic carbocycles. The molecule has 0 aliphatic carbocycles. The van der Waals surface area contributed by atoms with E-state index in [1.54, 1.807) is 36.4 Å². The maximum atomic E-state index is 12.6. The van der Waals surface area contributed by atoms with Crippen molar-refractivity contribution in [3.05, 3.63) is 79.0 Å². The van der Waals surface area contributed by atoms with Crippen molar-refractivity contribution in [3.8, 4) is 0 Å². The number of sulfonamides is 1. The lowest BCUT2D eigenvalue weighted by molar-refractivity contribution is 0.547. The van der Waals surface area contributed by atoms with Crippen LogP contribution < -0.4 is 4.72 Å². The molecule has 1 atom stereocenters. The van der Waals surface area contributed by atoms with Crippen LogP contribution in [0.25, 0.3) is 10.9 Å².